The van der Waals surface area contributed by atoms with Gasteiger partial charge in [-0.05, 0) is 13.0 Å². The molecule has 0 bridgehead atoms. The van der Waals surface area contributed by atoms with E-state index < -0.39 is 7.26 Å². The Bertz CT molecular complexity index is 1360. The van der Waals surface area contributed by atoms with Gasteiger partial charge in [0.05, 0.1) is 0 Å². The molecule has 0 aromatic heterocycles. The normalized spacial score (nSPS) is 14.7. The number of hydrogen-bond donors (Lipinski definition) is 0. The maximum absolute atomic E-state index is 4.65. The summed E-state index contributed by atoms with van der Waals surface area (Å²) in [6.45, 7) is 7.02. The molecule has 43 heavy (non-hydrogen) atoms. The van der Waals surface area contributed by atoms with Gasteiger partial charge in [-0.25, -0.2) is 0 Å². The van der Waals surface area contributed by atoms with E-state index in [4.69, 9.17) is 0 Å². The molecule has 1 unspecified atom stereocenters. The van der Waals surface area contributed by atoms with Crippen molar-refractivity contribution in [1.82, 2.24) is 0 Å². The molecule has 0 aliphatic heterocycles. The summed E-state index contributed by atoms with van der Waals surface area (Å²) in [4.78, 5) is 8.66. The Morgan fingerprint density at radius 3 is 1.79 bits per heavy atom. The van der Waals surface area contributed by atoms with E-state index in [1.807, 2.05) is 19.3 Å². The predicted molar refractivity (Wildman–Crippen MR) is 201 cm³/mol. The van der Waals surface area contributed by atoms with E-state index in [0.717, 1.165) is 25.4 Å². The number of nitrogens with zero attached hydrogens (tertiary/aromatic N) is 2. The molecule has 0 aliphatic carbocycles. The molecule has 0 N–H and O–H groups in total. The van der Waals surface area contributed by atoms with E-state index in [0.29, 0.717) is 0 Å². The van der Waals surface area contributed by atoms with Crippen LogP contribution in [-0.4, -0.2) is 51.2 Å². The minimum absolute atomic E-state index is 0.256. The number of benzene rings is 3. The van der Waals surface area contributed by atoms with Gasteiger partial charge in [0.1, 0.15) is 0 Å². The van der Waals surface area contributed by atoms with Crippen LogP contribution in [0.4, 0.5) is 0 Å². The van der Waals surface area contributed by atoms with Gasteiger partial charge < -0.3 is 0 Å². The van der Waals surface area contributed by atoms with Crippen molar-refractivity contribution in [2.45, 2.75) is 33.1 Å². The minimum Gasteiger partial charge on any atom is -0.0622 e. The first-order chi connectivity index (χ1) is 21.0. The standard InChI is InChI=1S/C39H50N2P2/c1-34(18-15-16-30-40-3)27-31-42(37-21-9-6-10-22-37)32-28-36(41-4)20-17-19-35(2)29-33-43(5,38-23-11-7-12-24-38)39-25-13-8-14-26-39/h6-26,30,43H,27-29,31-33H2,1-5H3/b16-15-,20-17-,34-18+,35-19+,40-30+,41-36-. The number of allylic oxidation sites excluding steroid dienone is 8. The molecule has 226 valence electrons. The molecule has 2 nitrogen and oxygen atoms in total. The fraction of sp³-hybridized carbons (Fsp3) is 0.282. The van der Waals surface area contributed by atoms with Gasteiger partial charge in [0.25, 0.3) is 0 Å². The molecular weight excluding hydrogens is 558 g/mol. The molecular formula is C39H50N2P2. The van der Waals surface area contributed by atoms with Crippen molar-refractivity contribution in [3.05, 3.63) is 139 Å². The third-order valence-corrected chi connectivity index (χ3v) is 15.1. The second kappa shape index (κ2) is 19.2. The zero-order valence-corrected chi connectivity index (χ0v) is 28.7. The van der Waals surface area contributed by atoms with Crippen LogP contribution < -0.4 is 15.9 Å². The van der Waals surface area contributed by atoms with E-state index in [2.05, 4.69) is 152 Å². The molecule has 0 saturated carbocycles. The maximum atomic E-state index is 4.65. The average Bonchev–Trinajstić information content (AvgIpc) is 3.06. The van der Waals surface area contributed by atoms with Gasteiger partial charge in [0, 0.05) is 13.3 Å². The second-order valence-corrected chi connectivity index (χ2v) is 18.1. The van der Waals surface area contributed by atoms with Crippen LogP contribution in [0.15, 0.2) is 149 Å². The van der Waals surface area contributed by atoms with Crippen LogP contribution in [0.1, 0.15) is 33.1 Å². The number of hydrogen-bond acceptors (Lipinski definition) is 2. The summed E-state index contributed by atoms with van der Waals surface area (Å²) in [7, 11) is 1.65. The van der Waals surface area contributed by atoms with Crippen LogP contribution in [0, 0.1) is 0 Å². The van der Waals surface area contributed by atoms with E-state index in [1.165, 1.54) is 45.1 Å². The Morgan fingerprint density at radius 1 is 0.674 bits per heavy atom. The van der Waals surface area contributed by atoms with Crippen molar-refractivity contribution in [3.63, 3.8) is 0 Å². The summed E-state index contributed by atoms with van der Waals surface area (Å²) < 4.78 is 0. The average molecular weight is 609 g/mol. The summed E-state index contributed by atoms with van der Waals surface area (Å²) in [5.74, 6) is 0. The van der Waals surface area contributed by atoms with Gasteiger partial charge in [-0.2, -0.15) is 0 Å². The van der Waals surface area contributed by atoms with Crippen molar-refractivity contribution >= 4 is 43.0 Å². The van der Waals surface area contributed by atoms with Crippen LogP contribution in [0.25, 0.3) is 0 Å². The fourth-order valence-electron chi connectivity index (χ4n) is 5.20. The molecule has 0 spiro atoms. The third kappa shape index (κ3) is 11.8. The first-order valence-electron chi connectivity index (χ1n) is 15.4. The van der Waals surface area contributed by atoms with E-state index in [1.54, 1.807) is 7.05 Å². The minimum atomic E-state index is -1.82. The van der Waals surface area contributed by atoms with Gasteiger partial charge in [-0.1, -0.05) is 35.9 Å². The molecule has 0 aliphatic rings. The summed E-state index contributed by atoms with van der Waals surface area (Å²) in [5.41, 5.74) is 4.01. The molecule has 0 saturated heterocycles. The molecule has 3 rings (SSSR count). The monoisotopic (exact) mass is 608 g/mol. The SMILES string of the molecule is C/N=C/C=C\C=C(/C)CCP(CCC(/C=C\C=C(/C)CC[PH](C)(c1ccccc1)c1ccccc1)=N\C)c1ccccc1. The Labute approximate surface area is 263 Å². The molecule has 0 heterocycles. The summed E-state index contributed by atoms with van der Waals surface area (Å²) >= 11 is 0. The second-order valence-electron chi connectivity index (χ2n) is 11.3. The molecule has 1 atom stereocenters. The Morgan fingerprint density at radius 2 is 1.21 bits per heavy atom. The summed E-state index contributed by atoms with van der Waals surface area (Å²) in [6.07, 6.45) is 21.6. The van der Waals surface area contributed by atoms with Crippen LogP contribution in [0.3, 0.4) is 0 Å². The summed E-state index contributed by atoms with van der Waals surface area (Å²) in [6, 6.07) is 33.3. The van der Waals surface area contributed by atoms with E-state index >= 15 is 0 Å². The van der Waals surface area contributed by atoms with Gasteiger partial charge in [-0.3, -0.25) is 4.99 Å². The summed E-state index contributed by atoms with van der Waals surface area (Å²) in [5, 5.41) is 4.50. The zero-order valence-electron chi connectivity index (χ0n) is 26.8. The van der Waals surface area contributed by atoms with Crippen LogP contribution in [-0.2, 0) is 0 Å². The first kappa shape index (κ1) is 34.3. The van der Waals surface area contributed by atoms with Gasteiger partial charge in [-0.15, -0.1) is 0 Å². The van der Waals surface area contributed by atoms with Crippen molar-refractivity contribution in [3.8, 4) is 0 Å². The smallest absolute Gasteiger partial charge is 0.0622 e. The quantitative estimate of drug-likeness (QED) is 0.0883. The number of rotatable bonds is 16. The first-order valence-corrected chi connectivity index (χ1v) is 19.8. The van der Waals surface area contributed by atoms with Crippen molar-refractivity contribution in [1.29, 1.82) is 0 Å². The van der Waals surface area contributed by atoms with Crippen LogP contribution >= 0.6 is 15.2 Å². The zero-order chi connectivity index (χ0) is 30.8. The van der Waals surface area contributed by atoms with Gasteiger partial charge >= 0.3 is 197 Å². The molecule has 3 aromatic carbocycles. The van der Waals surface area contributed by atoms with Crippen LogP contribution in [0.5, 0.6) is 0 Å². The van der Waals surface area contributed by atoms with Crippen molar-refractivity contribution < 1.29 is 0 Å². The topological polar surface area (TPSA) is 24.7 Å². The van der Waals surface area contributed by atoms with E-state index in [9.17, 15) is 0 Å². The van der Waals surface area contributed by atoms with E-state index in [-0.39, 0.29) is 7.92 Å². The molecule has 0 amide bonds. The Kier molecular flexibility index (Phi) is 15.3. The van der Waals surface area contributed by atoms with Crippen molar-refractivity contribution in [2.24, 2.45) is 9.98 Å². The van der Waals surface area contributed by atoms with Crippen LogP contribution in [0.2, 0.25) is 0 Å². The Balaban J connectivity index is 1.62. The van der Waals surface area contributed by atoms with Gasteiger partial charge in [0.15, 0.2) is 0 Å². The predicted octanol–water partition coefficient (Wildman–Crippen LogP) is 8.77. The molecule has 3 aromatic rings. The van der Waals surface area contributed by atoms with Gasteiger partial charge in [0.2, 0.25) is 0 Å². The molecule has 0 fully saturated rings. The molecule has 0 radical (unpaired) electrons. The number of aliphatic imine (C=N–C) groups is 2. The fourth-order valence-corrected chi connectivity index (χ4v) is 11.3. The Hall–Kier alpha value is -3.18. The third-order valence-electron chi connectivity index (χ3n) is 8.06. The molecule has 4 heteroatoms. The van der Waals surface area contributed by atoms with Crippen molar-refractivity contribution in [2.75, 3.05) is 39.2 Å².